The fraction of sp³-hybridized carbons (Fsp3) is 0.429. The van der Waals surface area contributed by atoms with Gasteiger partial charge in [0.15, 0.2) is 8.32 Å². The second-order valence-electron chi connectivity index (χ2n) is 11.4. The summed E-state index contributed by atoms with van der Waals surface area (Å²) in [7, 11) is -1.75. The monoisotopic (exact) mass is 498 g/mol. The van der Waals surface area contributed by atoms with Gasteiger partial charge in [0, 0.05) is 31.0 Å². The quantitative estimate of drug-likeness (QED) is 0.386. The van der Waals surface area contributed by atoms with E-state index in [2.05, 4.69) is 79.4 Å². The van der Waals surface area contributed by atoms with E-state index in [0.29, 0.717) is 17.3 Å². The second kappa shape index (κ2) is 9.30. The fourth-order valence-electron chi connectivity index (χ4n) is 4.13. The van der Waals surface area contributed by atoms with Crippen molar-refractivity contribution in [1.29, 1.82) is 5.26 Å². The smallest absolute Gasteiger partial charge is 0.192 e. The number of hydrogen-bond acceptors (Lipinski definition) is 7. The molecule has 2 fully saturated rings. The van der Waals surface area contributed by atoms with Gasteiger partial charge in [-0.15, -0.1) is 0 Å². The van der Waals surface area contributed by atoms with Gasteiger partial charge in [0.2, 0.25) is 0 Å². The molecule has 3 aromatic heterocycles. The average molecular weight is 499 g/mol. The van der Waals surface area contributed by atoms with Crippen LogP contribution in [0.3, 0.4) is 0 Å². The molecule has 0 aromatic carbocycles. The van der Waals surface area contributed by atoms with Gasteiger partial charge in [0.25, 0.3) is 0 Å². The van der Waals surface area contributed by atoms with Gasteiger partial charge in [-0.25, -0.2) is 15.0 Å². The molecule has 1 saturated carbocycles. The highest BCUT2D eigenvalue weighted by molar-refractivity contribution is 6.74. The van der Waals surface area contributed by atoms with Crippen molar-refractivity contribution in [2.45, 2.75) is 63.8 Å². The molecule has 1 saturated heterocycles. The lowest BCUT2D eigenvalue weighted by atomic mass is 10.1. The first kappa shape index (κ1) is 24.4. The van der Waals surface area contributed by atoms with Crippen molar-refractivity contribution in [3.05, 3.63) is 59.9 Å². The molecule has 0 unspecified atom stereocenters. The SMILES string of the molecule is CC(C)(C)[Si](C)(C)OC1CN(c2ccc(-c3cc(C4CC4)cc(Nc4cc(C#N)ccn4)n3)cn2)C1. The first-order chi connectivity index (χ1) is 17.1. The van der Waals surface area contributed by atoms with Crippen LogP contribution in [0, 0.1) is 11.3 Å². The van der Waals surface area contributed by atoms with Gasteiger partial charge in [-0.3, -0.25) is 0 Å². The third-order valence-corrected chi connectivity index (χ3v) is 12.1. The molecule has 1 aliphatic carbocycles. The van der Waals surface area contributed by atoms with Crippen LogP contribution >= 0.6 is 0 Å². The van der Waals surface area contributed by atoms with Gasteiger partial charge >= 0.3 is 0 Å². The Bertz CT molecular complexity index is 1280. The lowest BCUT2D eigenvalue weighted by Crippen LogP contribution is -2.58. The minimum Gasteiger partial charge on any atom is -0.410 e. The van der Waals surface area contributed by atoms with Crippen LogP contribution in [0.25, 0.3) is 11.3 Å². The highest BCUT2D eigenvalue weighted by Crippen LogP contribution is 2.42. The molecule has 4 heterocycles. The number of hydrogen-bond donors (Lipinski definition) is 1. The van der Waals surface area contributed by atoms with E-state index in [-0.39, 0.29) is 11.1 Å². The molecule has 1 N–H and O–H groups in total. The van der Waals surface area contributed by atoms with Crippen LogP contribution in [0.1, 0.15) is 50.7 Å². The molecular formula is C28H34N6OSi. The van der Waals surface area contributed by atoms with Crippen molar-refractivity contribution >= 4 is 25.8 Å². The molecule has 186 valence electrons. The Morgan fingerprint density at radius 2 is 1.83 bits per heavy atom. The van der Waals surface area contributed by atoms with E-state index >= 15 is 0 Å². The fourth-order valence-corrected chi connectivity index (χ4v) is 5.47. The van der Waals surface area contributed by atoms with Gasteiger partial charge in [-0.2, -0.15) is 5.26 Å². The third kappa shape index (κ3) is 5.27. The highest BCUT2D eigenvalue weighted by atomic mass is 28.4. The Kier molecular flexibility index (Phi) is 6.31. The van der Waals surface area contributed by atoms with E-state index in [1.54, 1.807) is 18.3 Å². The van der Waals surface area contributed by atoms with E-state index in [1.165, 1.54) is 18.4 Å². The summed E-state index contributed by atoms with van der Waals surface area (Å²) < 4.78 is 6.53. The van der Waals surface area contributed by atoms with Crippen molar-refractivity contribution in [3.63, 3.8) is 0 Å². The summed E-state index contributed by atoms with van der Waals surface area (Å²) in [4.78, 5) is 16.2. The summed E-state index contributed by atoms with van der Waals surface area (Å²) >= 11 is 0. The van der Waals surface area contributed by atoms with Crippen molar-refractivity contribution in [2.75, 3.05) is 23.3 Å². The van der Waals surface area contributed by atoms with Crippen LogP contribution in [0.4, 0.5) is 17.5 Å². The summed E-state index contributed by atoms with van der Waals surface area (Å²) in [6.07, 6.45) is 6.23. The largest absolute Gasteiger partial charge is 0.410 e. The maximum Gasteiger partial charge on any atom is 0.192 e. The van der Waals surface area contributed by atoms with Gasteiger partial charge in [0.1, 0.15) is 17.5 Å². The van der Waals surface area contributed by atoms with Gasteiger partial charge < -0.3 is 14.6 Å². The van der Waals surface area contributed by atoms with Crippen LogP contribution in [0.5, 0.6) is 0 Å². The Morgan fingerprint density at radius 1 is 1.06 bits per heavy atom. The van der Waals surface area contributed by atoms with Gasteiger partial charge in [0.05, 0.1) is 23.4 Å². The average Bonchev–Trinajstić information content (AvgIpc) is 3.66. The minimum absolute atomic E-state index is 0.220. The third-order valence-electron chi connectivity index (χ3n) is 7.52. The first-order valence-corrected chi connectivity index (χ1v) is 15.6. The maximum absolute atomic E-state index is 9.19. The molecule has 2 aliphatic rings. The number of anilines is 3. The molecule has 0 amide bonds. The second-order valence-corrected chi connectivity index (χ2v) is 16.2. The van der Waals surface area contributed by atoms with E-state index in [4.69, 9.17) is 14.4 Å². The maximum atomic E-state index is 9.19. The van der Waals surface area contributed by atoms with E-state index in [9.17, 15) is 5.26 Å². The molecular weight excluding hydrogens is 464 g/mol. The zero-order chi connectivity index (χ0) is 25.5. The lowest BCUT2D eigenvalue weighted by Gasteiger charge is -2.46. The minimum atomic E-state index is -1.75. The van der Waals surface area contributed by atoms with Crippen molar-refractivity contribution in [2.24, 2.45) is 0 Å². The summed E-state index contributed by atoms with van der Waals surface area (Å²) in [6, 6.07) is 14.0. The summed E-state index contributed by atoms with van der Waals surface area (Å²) in [6.45, 7) is 13.2. The van der Waals surface area contributed by atoms with Gasteiger partial charge in [-0.1, -0.05) is 20.8 Å². The topological polar surface area (TPSA) is 87.0 Å². The van der Waals surface area contributed by atoms with E-state index in [1.807, 2.05) is 6.20 Å². The summed E-state index contributed by atoms with van der Waals surface area (Å²) in [5.41, 5.74) is 3.71. The van der Waals surface area contributed by atoms with Crippen molar-refractivity contribution in [3.8, 4) is 17.3 Å². The molecule has 0 atom stereocenters. The van der Waals surface area contributed by atoms with Crippen molar-refractivity contribution < 1.29 is 4.43 Å². The Labute approximate surface area is 214 Å². The lowest BCUT2D eigenvalue weighted by molar-refractivity contribution is 0.148. The van der Waals surface area contributed by atoms with Crippen LogP contribution in [-0.2, 0) is 4.43 Å². The predicted octanol–water partition coefficient (Wildman–Crippen LogP) is 6.24. The molecule has 7 nitrogen and oxygen atoms in total. The predicted molar refractivity (Wildman–Crippen MR) is 146 cm³/mol. The zero-order valence-electron chi connectivity index (χ0n) is 21.7. The zero-order valence-corrected chi connectivity index (χ0v) is 22.7. The van der Waals surface area contributed by atoms with E-state index in [0.717, 1.165) is 36.0 Å². The van der Waals surface area contributed by atoms with E-state index < -0.39 is 8.32 Å². The van der Waals surface area contributed by atoms with Crippen molar-refractivity contribution in [1.82, 2.24) is 15.0 Å². The number of aromatic nitrogens is 3. The summed E-state index contributed by atoms with van der Waals surface area (Å²) in [5, 5.41) is 12.7. The van der Waals surface area contributed by atoms with Crippen LogP contribution in [0.15, 0.2) is 48.8 Å². The number of nitrogens with zero attached hydrogens (tertiary/aromatic N) is 5. The number of nitriles is 1. The number of pyridine rings is 3. The highest BCUT2D eigenvalue weighted by Gasteiger charge is 2.42. The number of rotatable bonds is 7. The van der Waals surface area contributed by atoms with Crippen LogP contribution < -0.4 is 10.2 Å². The molecule has 0 spiro atoms. The molecule has 8 heteroatoms. The summed E-state index contributed by atoms with van der Waals surface area (Å²) in [5.74, 6) is 2.90. The molecule has 0 bridgehead atoms. The molecule has 5 rings (SSSR count). The van der Waals surface area contributed by atoms with Crippen LogP contribution in [0.2, 0.25) is 18.1 Å². The Balaban J connectivity index is 1.30. The first-order valence-electron chi connectivity index (χ1n) is 12.7. The Morgan fingerprint density at radius 3 is 2.47 bits per heavy atom. The normalized spacial score (nSPS) is 16.4. The molecule has 36 heavy (non-hydrogen) atoms. The standard InChI is InChI=1S/C28H34N6OSi/c1-28(2,3)36(4,5)35-23-17-34(18-23)27-9-8-21(16-31-27)24-13-22(20-6-7-20)14-26(32-24)33-25-12-19(15-29)10-11-30-25/h8-14,16,20,23H,6-7,17-18H2,1-5H3,(H,30,32,33). The Hall–Kier alpha value is -3.28. The van der Waals surface area contributed by atoms with Gasteiger partial charge in [-0.05, 0) is 78.9 Å². The molecule has 3 aromatic rings. The molecule has 1 aliphatic heterocycles. The number of nitrogens with one attached hydrogen (secondary N) is 1. The molecule has 0 radical (unpaired) electrons. The van der Waals surface area contributed by atoms with Crippen LogP contribution in [-0.4, -0.2) is 42.5 Å².